The number of carbonyl (C=O) groups is 2. The summed E-state index contributed by atoms with van der Waals surface area (Å²) in [5, 5.41) is 2.80. The molecule has 7 nitrogen and oxygen atoms in total. The number of rotatable bonds is 12. The van der Waals surface area contributed by atoms with E-state index in [4.69, 9.17) is 0 Å². The van der Waals surface area contributed by atoms with Crippen molar-refractivity contribution in [2.24, 2.45) is 0 Å². The minimum absolute atomic E-state index is 0.0253. The number of hydrogen-bond acceptors (Lipinski definition) is 4. The molecule has 0 bridgehead atoms. The molecule has 1 atom stereocenters. The first kappa shape index (κ1) is 28.2. The molecule has 10 heteroatoms. The summed E-state index contributed by atoms with van der Waals surface area (Å²) >= 11 is 0. The third-order valence-corrected chi connectivity index (χ3v) is 6.73. The molecule has 35 heavy (non-hydrogen) atoms. The van der Waals surface area contributed by atoms with Crippen LogP contribution < -0.4 is 9.62 Å². The largest absolute Gasteiger partial charge is 0.354 e. The normalized spacial score (nSPS) is 12.2. The van der Waals surface area contributed by atoms with Crippen LogP contribution in [0.1, 0.15) is 44.2 Å². The molecule has 0 aliphatic heterocycles. The Bertz CT molecular complexity index is 1120. The van der Waals surface area contributed by atoms with Crippen molar-refractivity contribution >= 4 is 27.5 Å². The first-order valence-corrected chi connectivity index (χ1v) is 13.3. The van der Waals surface area contributed by atoms with Gasteiger partial charge in [-0.05, 0) is 44.4 Å². The number of hydrogen-bond donors (Lipinski definition) is 1. The standard InChI is InChI=1S/C25H33F2N3O4S/c1-5-14-28-25(32)19(3)29(17-20-10-8-18(2)9-11-20)24(31)7-6-15-30(35(4,33)34)21-12-13-22(26)23(27)16-21/h8-13,16,19H,5-7,14-15,17H2,1-4H3,(H,28,32)/t19-/m0/s1. The van der Waals surface area contributed by atoms with Gasteiger partial charge in [0.1, 0.15) is 6.04 Å². The van der Waals surface area contributed by atoms with Gasteiger partial charge in [0, 0.05) is 32.1 Å². The number of anilines is 1. The van der Waals surface area contributed by atoms with Crippen molar-refractivity contribution in [3.63, 3.8) is 0 Å². The van der Waals surface area contributed by atoms with Gasteiger partial charge in [0.2, 0.25) is 21.8 Å². The van der Waals surface area contributed by atoms with E-state index < -0.39 is 27.7 Å². The molecule has 0 radical (unpaired) electrons. The van der Waals surface area contributed by atoms with Gasteiger partial charge in [-0.2, -0.15) is 0 Å². The topological polar surface area (TPSA) is 86.8 Å². The fraction of sp³-hybridized carbons (Fsp3) is 0.440. The lowest BCUT2D eigenvalue weighted by Gasteiger charge is -2.29. The molecular formula is C25H33F2N3O4S. The molecule has 0 spiro atoms. The Morgan fingerprint density at radius 3 is 2.29 bits per heavy atom. The average molecular weight is 510 g/mol. The molecule has 0 saturated heterocycles. The predicted octanol–water partition coefficient (Wildman–Crippen LogP) is 3.76. The van der Waals surface area contributed by atoms with Gasteiger partial charge in [-0.25, -0.2) is 17.2 Å². The van der Waals surface area contributed by atoms with E-state index in [2.05, 4.69) is 5.32 Å². The summed E-state index contributed by atoms with van der Waals surface area (Å²) in [6.07, 6.45) is 1.81. The molecule has 0 fully saturated rings. The summed E-state index contributed by atoms with van der Waals surface area (Å²) in [5.41, 5.74) is 1.90. The van der Waals surface area contributed by atoms with Gasteiger partial charge >= 0.3 is 0 Å². The Morgan fingerprint density at radius 2 is 1.71 bits per heavy atom. The highest BCUT2D eigenvalue weighted by Crippen LogP contribution is 2.21. The number of benzene rings is 2. The average Bonchev–Trinajstić information content (AvgIpc) is 2.80. The van der Waals surface area contributed by atoms with E-state index >= 15 is 0 Å². The first-order chi connectivity index (χ1) is 16.4. The zero-order valence-electron chi connectivity index (χ0n) is 20.6. The number of nitrogens with one attached hydrogen (secondary N) is 1. The third-order valence-electron chi connectivity index (χ3n) is 5.53. The second-order valence-corrected chi connectivity index (χ2v) is 10.4. The second-order valence-electron chi connectivity index (χ2n) is 8.51. The van der Waals surface area contributed by atoms with Crippen LogP contribution in [-0.2, 0) is 26.2 Å². The van der Waals surface area contributed by atoms with E-state index in [0.29, 0.717) is 6.54 Å². The minimum Gasteiger partial charge on any atom is -0.354 e. The molecule has 2 aromatic carbocycles. The van der Waals surface area contributed by atoms with Crippen molar-refractivity contribution in [3.8, 4) is 0 Å². The van der Waals surface area contributed by atoms with Crippen LogP contribution in [0.2, 0.25) is 0 Å². The van der Waals surface area contributed by atoms with Crippen LogP contribution in [0.5, 0.6) is 0 Å². The lowest BCUT2D eigenvalue weighted by Crippen LogP contribution is -2.47. The van der Waals surface area contributed by atoms with Gasteiger partial charge in [-0.1, -0.05) is 36.8 Å². The number of carbonyl (C=O) groups excluding carboxylic acids is 2. The van der Waals surface area contributed by atoms with Crippen molar-refractivity contribution in [1.82, 2.24) is 10.2 Å². The number of halogens is 2. The summed E-state index contributed by atoms with van der Waals surface area (Å²) in [4.78, 5) is 27.2. The second kappa shape index (κ2) is 12.6. The zero-order chi connectivity index (χ0) is 26.2. The van der Waals surface area contributed by atoms with Gasteiger partial charge in [-0.3, -0.25) is 13.9 Å². The third kappa shape index (κ3) is 8.31. The maximum Gasteiger partial charge on any atom is 0.242 e. The summed E-state index contributed by atoms with van der Waals surface area (Å²) in [6, 6.07) is 9.73. The molecule has 2 aromatic rings. The number of sulfonamides is 1. The monoisotopic (exact) mass is 509 g/mol. The van der Waals surface area contributed by atoms with E-state index in [1.807, 2.05) is 38.1 Å². The lowest BCUT2D eigenvalue weighted by atomic mass is 10.1. The molecule has 0 saturated carbocycles. The zero-order valence-corrected chi connectivity index (χ0v) is 21.4. The Morgan fingerprint density at radius 1 is 1.06 bits per heavy atom. The van der Waals surface area contributed by atoms with Crippen molar-refractivity contribution in [2.75, 3.05) is 23.7 Å². The van der Waals surface area contributed by atoms with Crippen LogP contribution in [-0.4, -0.2) is 50.5 Å². The molecule has 192 valence electrons. The minimum atomic E-state index is -3.80. The maximum absolute atomic E-state index is 13.7. The summed E-state index contributed by atoms with van der Waals surface area (Å²) in [5.74, 6) is -2.83. The highest BCUT2D eigenvalue weighted by molar-refractivity contribution is 7.92. The van der Waals surface area contributed by atoms with Crippen LogP contribution in [0.4, 0.5) is 14.5 Å². The SMILES string of the molecule is CCCNC(=O)[C@H](C)N(Cc1ccc(C)cc1)C(=O)CCCN(c1ccc(F)c(F)c1)S(C)(=O)=O. The lowest BCUT2D eigenvalue weighted by molar-refractivity contribution is -0.140. The Balaban J connectivity index is 2.16. The number of aryl methyl sites for hydroxylation is 1. The Labute approximate surface area is 206 Å². The molecule has 0 heterocycles. The van der Waals surface area contributed by atoms with Crippen molar-refractivity contribution < 1.29 is 26.8 Å². The molecular weight excluding hydrogens is 476 g/mol. The number of nitrogens with zero attached hydrogens (tertiary/aromatic N) is 2. The van der Waals surface area contributed by atoms with Gasteiger partial charge in [0.15, 0.2) is 11.6 Å². The summed E-state index contributed by atoms with van der Waals surface area (Å²) < 4.78 is 52.4. The fourth-order valence-electron chi connectivity index (χ4n) is 3.51. The van der Waals surface area contributed by atoms with E-state index in [0.717, 1.165) is 40.2 Å². The van der Waals surface area contributed by atoms with Crippen LogP contribution in [0.25, 0.3) is 0 Å². The quantitative estimate of drug-likeness (QED) is 0.472. The maximum atomic E-state index is 13.7. The first-order valence-electron chi connectivity index (χ1n) is 11.5. The van der Waals surface area contributed by atoms with Gasteiger partial charge in [0.05, 0.1) is 11.9 Å². The van der Waals surface area contributed by atoms with Gasteiger partial charge in [-0.15, -0.1) is 0 Å². The van der Waals surface area contributed by atoms with Crippen LogP contribution in [0.3, 0.4) is 0 Å². The van der Waals surface area contributed by atoms with E-state index in [1.165, 1.54) is 11.0 Å². The van der Waals surface area contributed by atoms with Crippen molar-refractivity contribution in [2.45, 2.75) is 52.6 Å². The molecule has 1 N–H and O–H groups in total. The smallest absolute Gasteiger partial charge is 0.242 e. The highest BCUT2D eigenvalue weighted by Gasteiger charge is 2.26. The van der Waals surface area contributed by atoms with Crippen molar-refractivity contribution in [1.29, 1.82) is 0 Å². The van der Waals surface area contributed by atoms with E-state index in [1.54, 1.807) is 6.92 Å². The van der Waals surface area contributed by atoms with E-state index in [9.17, 15) is 26.8 Å². The molecule has 2 rings (SSSR count). The summed E-state index contributed by atoms with van der Waals surface area (Å²) in [7, 11) is -3.80. The molecule has 0 aromatic heterocycles. The Kier molecular flexibility index (Phi) is 10.2. The molecule has 0 aliphatic carbocycles. The highest BCUT2D eigenvalue weighted by atomic mass is 32.2. The predicted molar refractivity (Wildman–Crippen MR) is 132 cm³/mol. The van der Waals surface area contributed by atoms with Crippen LogP contribution in [0.15, 0.2) is 42.5 Å². The van der Waals surface area contributed by atoms with Crippen LogP contribution >= 0.6 is 0 Å². The molecule has 0 aliphatic rings. The van der Waals surface area contributed by atoms with Crippen molar-refractivity contribution in [3.05, 3.63) is 65.2 Å². The van der Waals surface area contributed by atoms with E-state index in [-0.39, 0.29) is 43.4 Å². The summed E-state index contributed by atoms with van der Waals surface area (Å²) in [6.45, 7) is 6.15. The Hall–Kier alpha value is -3.01. The van der Waals surface area contributed by atoms with Gasteiger partial charge in [0.25, 0.3) is 0 Å². The van der Waals surface area contributed by atoms with Gasteiger partial charge < -0.3 is 10.2 Å². The molecule has 0 unspecified atom stereocenters. The number of amides is 2. The fourth-order valence-corrected chi connectivity index (χ4v) is 4.47. The van der Waals surface area contributed by atoms with Crippen LogP contribution in [0, 0.1) is 18.6 Å². The molecule has 2 amide bonds.